The minimum Gasteiger partial charge on any atom is -0.426 e. The summed E-state index contributed by atoms with van der Waals surface area (Å²) in [5.74, 6) is -0.263. The Kier molecular flexibility index (Phi) is 4.98. The average molecular weight is 349 g/mol. The maximum atomic E-state index is 12.4. The Bertz CT molecular complexity index is 883. The van der Waals surface area contributed by atoms with Crippen LogP contribution in [0.2, 0.25) is 0 Å². The number of hydrogen-bond donors (Lipinski definition) is 0. The molecule has 1 heterocycles. The second-order valence-corrected chi connectivity index (χ2v) is 6.15. The molecule has 1 aliphatic heterocycles. The van der Waals surface area contributed by atoms with E-state index < -0.39 is 12.0 Å². The van der Waals surface area contributed by atoms with Gasteiger partial charge in [0.2, 0.25) is 5.91 Å². The van der Waals surface area contributed by atoms with Crippen molar-refractivity contribution < 1.29 is 19.1 Å². The van der Waals surface area contributed by atoms with Gasteiger partial charge in [-0.25, -0.2) is 0 Å². The number of ketones is 1. The molecule has 0 N–H and O–H groups in total. The molecule has 0 fully saturated rings. The van der Waals surface area contributed by atoms with Crippen molar-refractivity contribution in [1.29, 1.82) is 0 Å². The highest BCUT2D eigenvalue weighted by Crippen LogP contribution is 2.33. The topological polar surface area (TPSA) is 63.7 Å². The van der Waals surface area contributed by atoms with Gasteiger partial charge in [-0.05, 0) is 48.4 Å². The Morgan fingerprint density at radius 1 is 1.00 bits per heavy atom. The van der Waals surface area contributed by atoms with Crippen LogP contribution in [-0.4, -0.2) is 22.6 Å². The Labute approximate surface area is 151 Å². The highest BCUT2D eigenvalue weighted by Gasteiger charge is 2.28. The van der Waals surface area contributed by atoms with Crippen LogP contribution in [0.5, 0.6) is 5.75 Å². The van der Waals surface area contributed by atoms with E-state index in [1.807, 2.05) is 30.3 Å². The first-order valence-corrected chi connectivity index (χ1v) is 8.33. The van der Waals surface area contributed by atoms with E-state index in [0.29, 0.717) is 11.3 Å². The van der Waals surface area contributed by atoms with Crippen molar-refractivity contribution >= 4 is 23.7 Å². The Balaban J connectivity index is 1.77. The highest BCUT2D eigenvalue weighted by atomic mass is 16.5. The van der Waals surface area contributed by atoms with Crippen LogP contribution in [0.25, 0.3) is 6.08 Å². The van der Waals surface area contributed by atoms with Crippen LogP contribution in [-0.2, 0) is 9.59 Å². The summed E-state index contributed by atoms with van der Waals surface area (Å²) in [6, 6.07) is 13.7. The maximum absolute atomic E-state index is 12.4. The van der Waals surface area contributed by atoms with E-state index >= 15 is 0 Å². The van der Waals surface area contributed by atoms with Crippen molar-refractivity contribution in [2.75, 3.05) is 0 Å². The van der Waals surface area contributed by atoms with Crippen LogP contribution >= 0.6 is 0 Å². The standard InChI is InChI=1S/C21H19NO4/c1-14(23)16-7-9-18(10-8-16)26-21(25)13-20-19-6-4-3-5-17(19)11-12-22(20)15(2)24/h3-12,20H,13H2,1-2H3/t20-/m0/s1. The number of Topliss-reactive ketones (excluding diaryl/α,β-unsaturated/α-hetero) is 1. The molecule has 2 aromatic carbocycles. The lowest BCUT2D eigenvalue weighted by Gasteiger charge is -2.32. The molecule has 132 valence electrons. The first-order valence-electron chi connectivity index (χ1n) is 8.33. The third-order valence-electron chi connectivity index (χ3n) is 4.32. The number of hydrogen-bond acceptors (Lipinski definition) is 4. The van der Waals surface area contributed by atoms with E-state index in [4.69, 9.17) is 4.74 Å². The fourth-order valence-corrected chi connectivity index (χ4v) is 3.00. The zero-order valence-corrected chi connectivity index (χ0v) is 14.6. The summed E-state index contributed by atoms with van der Waals surface area (Å²) in [6.07, 6.45) is 3.60. The monoisotopic (exact) mass is 349 g/mol. The maximum Gasteiger partial charge on any atom is 0.313 e. The number of amides is 1. The quantitative estimate of drug-likeness (QED) is 0.479. The average Bonchev–Trinajstić information content (AvgIpc) is 2.62. The molecule has 0 bridgehead atoms. The lowest BCUT2D eigenvalue weighted by molar-refractivity contribution is -0.137. The molecule has 0 aromatic heterocycles. The van der Waals surface area contributed by atoms with Crippen molar-refractivity contribution in [3.63, 3.8) is 0 Å². The number of benzene rings is 2. The SMILES string of the molecule is CC(=O)c1ccc(OC(=O)C[C@H]2c3ccccc3C=CN2C(C)=O)cc1. The zero-order chi connectivity index (χ0) is 18.7. The summed E-state index contributed by atoms with van der Waals surface area (Å²) in [4.78, 5) is 37.2. The van der Waals surface area contributed by atoms with E-state index in [1.54, 1.807) is 35.4 Å². The summed E-state index contributed by atoms with van der Waals surface area (Å²) in [5.41, 5.74) is 2.45. The number of carbonyl (C=O) groups is 3. The van der Waals surface area contributed by atoms with Crippen LogP contribution in [0.1, 0.15) is 47.8 Å². The van der Waals surface area contributed by atoms with Gasteiger partial charge in [0.05, 0.1) is 12.5 Å². The molecule has 1 amide bonds. The minimum atomic E-state index is -0.443. The van der Waals surface area contributed by atoms with Gasteiger partial charge in [-0.2, -0.15) is 0 Å². The van der Waals surface area contributed by atoms with Gasteiger partial charge in [0.1, 0.15) is 5.75 Å². The molecule has 2 aromatic rings. The second kappa shape index (κ2) is 7.35. The molecular weight excluding hydrogens is 330 g/mol. The first kappa shape index (κ1) is 17.6. The second-order valence-electron chi connectivity index (χ2n) is 6.15. The molecule has 1 aliphatic rings. The van der Waals surface area contributed by atoms with E-state index in [0.717, 1.165) is 11.1 Å². The van der Waals surface area contributed by atoms with Crippen molar-refractivity contribution in [3.8, 4) is 5.75 Å². The summed E-state index contributed by atoms with van der Waals surface area (Å²) >= 11 is 0. The van der Waals surface area contributed by atoms with Crippen LogP contribution in [0, 0.1) is 0 Å². The summed E-state index contributed by atoms with van der Waals surface area (Å²) < 4.78 is 5.38. The Hall–Kier alpha value is -3.21. The fraction of sp³-hybridized carbons (Fsp3) is 0.190. The summed E-state index contributed by atoms with van der Waals surface area (Å²) in [7, 11) is 0. The van der Waals surface area contributed by atoms with E-state index in [2.05, 4.69) is 0 Å². The third kappa shape index (κ3) is 3.72. The van der Waals surface area contributed by atoms with E-state index in [-0.39, 0.29) is 18.1 Å². The number of rotatable bonds is 4. The van der Waals surface area contributed by atoms with Gasteiger partial charge in [0, 0.05) is 18.7 Å². The smallest absolute Gasteiger partial charge is 0.313 e. The van der Waals surface area contributed by atoms with Crippen LogP contribution in [0.4, 0.5) is 0 Å². The van der Waals surface area contributed by atoms with Crippen molar-refractivity contribution in [3.05, 3.63) is 71.4 Å². The van der Waals surface area contributed by atoms with Gasteiger partial charge < -0.3 is 9.64 Å². The molecule has 3 rings (SSSR count). The van der Waals surface area contributed by atoms with Crippen molar-refractivity contribution in [1.82, 2.24) is 4.90 Å². The molecule has 26 heavy (non-hydrogen) atoms. The number of esters is 1. The predicted octanol–water partition coefficient (Wildman–Crippen LogP) is 3.76. The van der Waals surface area contributed by atoms with Crippen LogP contribution in [0.15, 0.2) is 54.7 Å². The Morgan fingerprint density at radius 2 is 1.69 bits per heavy atom. The summed E-state index contributed by atoms with van der Waals surface area (Å²) in [5, 5.41) is 0. The van der Waals surface area contributed by atoms with Crippen molar-refractivity contribution in [2.45, 2.75) is 26.3 Å². The zero-order valence-electron chi connectivity index (χ0n) is 14.6. The molecule has 1 atom stereocenters. The highest BCUT2D eigenvalue weighted by molar-refractivity contribution is 5.94. The van der Waals surface area contributed by atoms with Crippen molar-refractivity contribution in [2.24, 2.45) is 0 Å². The molecule has 0 unspecified atom stereocenters. The van der Waals surface area contributed by atoms with Crippen LogP contribution < -0.4 is 4.74 Å². The summed E-state index contributed by atoms with van der Waals surface area (Å²) in [6.45, 7) is 2.95. The fourth-order valence-electron chi connectivity index (χ4n) is 3.00. The molecule has 0 saturated heterocycles. The number of nitrogens with zero attached hydrogens (tertiary/aromatic N) is 1. The van der Waals surface area contributed by atoms with E-state index in [9.17, 15) is 14.4 Å². The van der Waals surface area contributed by atoms with Gasteiger partial charge >= 0.3 is 5.97 Å². The lowest BCUT2D eigenvalue weighted by atomic mass is 9.94. The molecule has 5 nitrogen and oxygen atoms in total. The van der Waals surface area contributed by atoms with Gasteiger partial charge in [0.25, 0.3) is 0 Å². The normalized spacial score (nSPS) is 15.3. The molecule has 0 radical (unpaired) electrons. The predicted molar refractivity (Wildman–Crippen MR) is 97.4 cm³/mol. The van der Waals surface area contributed by atoms with E-state index in [1.165, 1.54) is 13.8 Å². The molecule has 0 spiro atoms. The Morgan fingerprint density at radius 3 is 2.35 bits per heavy atom. The first-order chi connectivity index (χ1) is 12.5. The molecule has 0 aliphatic carbocycles. The molecular formula is C21H19NO4. The third-order valence-corrected chi connectivity index (χ3v) is 4.32. The number of ether oxygens (including phenoxy) is 1. The minimum absolute atomic E-state index is 0.0371. The molecule has 5 heteroatoms. The molecule has 0 saturated carbocycles. The lowest BCUT2D eigenvalue weighted by Crippen LogP contribution is -2.33. The van der Waals surface area contributed by atoms with Gasteiger partial charge in [0.15, 0.2) is 5.78 Å². The van der Waals surface area contributed by atoms with Gasteiger partial charge in [-0.15, -0.1) is 0 Å². The van der Waals surface area contributed by atoms with Gasteiger partial charge in [-0.3, -0.25) is 14.4 Å². The number of carbonyl (C=O) groups excluding carboxylic acids is 3. The van der Waals surface area contributed by atoms with Crippen LogP contribution in [0.3, 0.4) is 0 Å². The van der Waals surface area contributed by atoms with Gasteiger partial charge in [-0.1, -0.05) is 24.3 Å². The largest absolute Gasteiger partial charge is 0.426 e. The number of fused-ring (bicyclic) bond motifs is 1.